The number of amides is 1. The first kappa shape index (κ1) is 17.3. The average Bonchev–Trinajstić information content (AvgIpc) is 2.21. The van der Waals surface area contributed by atoms with Crippen LogP contribution in [0.5, 0.6) is 0 Å². The molecule has 0 aliphatic carbocycles. The van der Waals surface area contributed by atoms with E-state index in [1.807, 2.05) is 0 Å². The molecule has 0 saturated carbocycles. The molecule has 0 aromatic heterocycles. The number of carbonyl (C=O) groups is 1. The number of carbonyl (C=O) groups excluding carboxylic acids is 1. The van der Waals surface area contributed by atoms with Crippen molar-refractivity contribution < 1.29 is 13.2 Å². The van der Waals surface area contributed by atoms with Gasteiger partial charge in [0.1, 0.15) is 0 Å². The van der Waals surface area contributed by atoms with Crippen molar-refractivity contribution in [2.45, 2.75) is 26.7 Å². The number of nitrogens with two attached hydrogens (primary N) is 1. The molecule has 1 unspecified atom stereocenters. The van der Waals surface area contributed by atoms with Crippen molar-refractivity contribution in [1.82, 2.24) is 10.0 Å². The zero-order valence-electron chi connectivity index (χ0n) is 11.4. The van der Waals surface area contributed by atoms with E-state index in [0.29, 0.717) is 25.4 Å². The number of hydrogen-bond donors (Lipinski definition) is 3. The zero-order chi connectivity index (χ0) is 14.2. The van der Waals surface area contributed by atoms with Gasteiger partial charge in [0, 0.05) is 19.5 Å². The fraction of sp³-hybridized carbons (Fsp3) is 0.909. The van der Waals surface area contributed by atoms with Gasteiger partial charge in [0.15, 0.2) is 0 Å². The maximum absolute atomic E-state index is 11.6. The molecule has 0 aromatic carbocycles. The van der Waals surface area contributed by atoms with Crippen LogP contribution < -0.4 is 15.8 Å². The minimum absolute atomic E-state index is 0.0820. The van der Waals surface area contributed by atoms with E-state index in [9.17, 15) is 13.2 Å². The molecule has 0 fully saturated rings. The van der Waals surface area contributed by atoms with Crippen LogP contribution in [0.15, 0.2) is 0 Å². The van der Waals surface area contributed by atoms with Gasteiger partial charge in [-0.3, -0.25) is 4.79 Å². The second kappa shape index (κ2) is 8.44. The minimum atomic E-state index is -3.19. The van der Waals surface area contributed by atoms with E-state index in [1.54, 1.807) is 0 Å². The van der Waals surface area contributed by atoms with E-state index < -0.39 is 10.0 Å². The summed E-state index contributed by atoms with van der Waals surface area (Å²) >= 11 is 0. The molecule has 0 rings (SSSR count). The second-order valence-corrected chi connectivity index (χ2v) is 6.78. The molecule has 0 saturated heterocycles. The molecule has 1 amide bonds. The molecular weight excluding hydrogens is 254 g/mol. The predicted octanol–water partition coefficient (Wildman–Crippen LogP) is -0.337. The Labute approximate surface area is 110 Å². The quantitative estimate of drug-likeness (QED) is 0.503. The first-order chi connectivity index (χ1) is 8.24. The lowest BCUT2D eigenvalue weighted by Crippen LogP contribution is -2.35. The summed E-state index contributed by atoms with van der Waals surface area (Å²) in [7, 11) is -3.19. The molecule has 18 heavy (non-hydrogen) atoms. The van der Waals surface area contributed by atoms with Gasteiger partial charge < -0.3 is 11.1 Å². The molecule has 0 bridgehead atoms. The summed E-state index contributed by atoms with van der Waals surface area (Å²) in [5.41, 5.74) is 5.61. The lowest BCUT2D eigenvalue weighted by molar-refractivity contribution is -0.122. The van der Waals surface area contributed by atoms with Crippen LogP contribution >= 0.6 is 0 Å². The second-order valence-electron chi connectivity index (χ2n) is 4.95. The summed E-state index contributed by atoms with van der Waals surface area (Å²) in [4.78, 5) is 11.6. The zero-order valence-corrected chi connectivity index (χ0v) is 12.2. The van der Waals surface area contributed by atoms with Gasteiger partial charge in [0.2, 0.25) is 15.9 Å². The Morgan fingerprint density at radius 3 is 2.33 bits per heavy atom. The van der Waals surface area contributed by atoms with Crippen molar-refractivity contribution in [1.29, 1.82) is 0 Å². The standard InChI is InChI=1S/C11H25N3O3S/c1-9(2)6-10(8-12)7-11(15)13-4-5-14-18(3,16)17/h9-10,14H,4-8,12H2,1-3H3,(H,13,15). The van der Waals surface area contributed by atoms with E-state index in [0.717, 1.165) is 12.7 Å². The third kappa shape index (κ3) is 10.5. The molecule has 0 spiro atoms. The number of hydrogen-bond acceptors (Lipinski definition) is 4. The van der Waals surface area contributed by atoms with Crippen LogP contribution in [0.4, 0.5) is 0 Å². The predicted molar refractivity (Wildman–Crippen MR) is 72.5 cm³/mol. The Morgan fingerprint density at radius 1 is 1.28 bits per heavy atom. The molecule has 0 heterocycles. The fourth-order valence-corrected chi connectivity index (χ4v) is 2.18. The fourth-order valence-electron chi connectivity index (χ4n) is 1.70. The molecule has 0 aliphatic rings. The van der Waals surface area contributed by atoms with Gasteiger partial charge in [-0.05, 0) is 24.8 Å². The smallest absolute Gasteiger partial charge is 0.220 e. The molecule has 0 radical (unpaired) electrons. The summed E-state index contributed by atoms with van der Waals surface area (Å²) in [6.45, 7) is 5.19. The van der Waals surface area contributed by atoms with Crippen LogP contribution in [0.25, 0.3) is 0 Å². The number of sulfonamides is 1. The van der Waals surface area contributed by atoms with Crippen molar-refractivity contribution in [3.63, 3.8) is 0 Å². The van der Waals surface area contributed by atoms with Gasteiger partial charge in [-0.15, -0.1) is 0 Å². The highest BCUT2D eigenvalue weighted by atomic mass is 32.2. The first-order valence-electron chi connectivity index (χ1n) is 6.16. The van der Waals surface area contributed by atoms with Gasteiger partial charge in [-0.1, -0.05) is 13.8 Å². The van der Waals surface area contributed by atoms with Gasteiger partial charge in [-0.25, -0.2) is 13.1 Å². The average molecular weight is 279 g/mol. The van der Waals surface area contributed by atoms with E-state index in [1.165, 1.54) is 0 Å². The summed E-state index contributed by atoms with van der Waals surface area (Å²) in [5, 5.41) is 2.67. The van der Waals surface area contributed by atoms with Crippen molar-refractivity contribution >= 4 is 15.9 Å². The van der Waals surface area contributed by atoms with Crippen molar-refractivity contribution in [3.8, 4) is 0 Å². The van der Waals surface area contributed by atoms with Crippen LogP contribution in [0.3, 0.4) is 0 Å². The molecular formula is C11H25N3O3S. The molecule has 7 heteroatoms. The Bertz CT molecular complexity index is 341. The van der Waals surface area contributed by atoms with E-state index in [-0.39, 0.29) is 18.4 Å². The van der Waals surface area contributed by atoms with Crippen molar-refractivity contribution in [2.75, 3.05) is 25.9 Å². The third-order valence-corrected chi connectivity index (χ3v) is 3.15. The van der Waals surface area contributed by atoms with E-state index in [2.05, 4.69) is 23.9 Å². The van der Waals surface area contributed by atoms with Crippen LogP contribution in [-0.2, 0) is 14.8 Å². The lowest BCUT2D eigenvalue weighted by Gasteiger charge is -2.16. The first-order valence-corrected chi connectivity index (χ1v) is 8.05. The van der Waals surface area contributed by atoms with Crippen molar-refractivity contribution in [2.24, 2.45) is 17.6 Å². The van der Waals surface area contributed by atoms with Gasteiger partial charge in [0.05, 0.1) is 6.26 Å². The SMILES string of the molecule is CC(C)CC(CN)CC(=O)NCCNS(C)(=O)=O. The maximum Gasteiger partial charge on any atom is 0.220 e. The molecule has 108 valence electrons. The molecule has 4 N–H and O–H groups in total. The summed E-state index contributed by atoms with van der Waals surface area (Å²) in [6, 6.07) is 0. The number of nitrogens with one attached hydrogen (secondary N) is 2. The van der Waals surface area contributed by atoms with Crippen LogP contribution in [0, 0.1) is 11.8 Å². The van der Waals surface area contributed by atoms with Crippen LogP contribution in [0.1, 0.15) is 26.7 Å². The Balaban J connectivity index is 3.82. The van der Waals surface area contributed by atoms with Crippen LogP contribution in [0.2, 0.25) is 0 Å². The maximum atomic E-state index is 11.6. The minimum Gasteiger partial charge on any atom is -0.355 e. The third-order valence-electron chi connectivity index (χ3n) is 2.42. The van der Waals surface area contributed by atoms with Crippen molar-refractivity contribution in [3.05, 3.63) is 0 Å². The van der Waals surface area contributed by atoms with E-state index in [4.69, 9.17) is 5.73 Å². The van der Waals surface area contributed by atoms with Gasteiger partial charge >= 0.3 is 0 Å². The van der Waals surface area contributed by atoms with E-state index >= 15 is 0 Å². The highest BCUT2D eigenvalue weighted by Gasteiger charge is 2.13. The monoisotopic (exact) mass is 279 g/mol. The summed E-state index contributed by atoms with van der Waals surface area (Å²) in [6.07, 6.45) is 2.40. The van der Waals surface area contributed by atoms with Crippen LogP contribution in [-0.4, -0.2) is 40.2 Å². The topological polar surface area (TPSA) is 101 Å². The highest BCUT2D eigenvalue weighted by Crippen LogP contribution is 2.13. The Kier molecular flexibility index (Phi) is 8.13. The largest absolute Gasteiger partial charge is 0.355 e. The highest BCUT2D eigenvalue weighted by molar-refractivity contribution is 7.88. The molecule has 0 aromatic rings. The van der Waals surface area contributed by atoms with Gasteiger partial charge in [-0.2, -0.15) is 0 Å². The molecule has 1 atom stereocenters. The summed E-state index contributed by atoms with van der Waals surface area (Å²) in [5.74, 6) is 0.618. The molecule has 6 nitrogen and oxygen atoms in total. The Morgan fingerprint density at radius 2 is 1.89 bits per heavy atom. The Hall–Kier alpha value is -0.660. The number of rotatable bonds is 9. The normalized spacial score (nSPS) is 13.6. The van der Waals surface area contributed by atoms with Gasteiger partial charge in [0.25, 0.3) is 0 Å². The summed E-state index contributed by atoms with van der Waals surface area (Å²) < 4.78 is 23.9. The lowest BCUT2D eigenvalue weighted by atomic mass is 9.94. The molecule has 0 aliphatic heterocycles.